The standard InChI is InChI=1S/C22H25N3O3S/c1-16-7-3-4-13-25(16)29(27,28)18-9-5-8-17(15-18)22(26)23-20-10-6-11-21-19(20)12-14-24(21)2/h5-6,8-12,14-16H,3-4,7,13H2,1-2H3,(H,23,26). The molecule has 6 nitrogen and oxygen atoms in total. The van der Waals surface area contributed by atoms with Crippen molar-refractivity contribution in [2.75, 3.05) is 11.9 Å². The number of amides is 1. The quantitative estimate of drug-likeness (QED) is 0.706. The first kappa shape index (κ1) is 19.7. The Labute approximate surface area is 171 Å². The Morgan fingerprint density at radius 2 is 1.90 bits per heavy atom. The number of hydrogen-bond acceptors (Lipinski definition) is 3. The van der Waals surface area contributed by atoms with E-state index in [9.17, 15) is 13.2 Å². The summed E-state index contributed by atoms with van der Waals surface area (Å²) in [6.07, 6.45) is 4.71. The summed E-state index contributed by atoms with van der Waals surface area (Å²) >= 11 is 0. The molecular formula is C22H25N3O3S. The van der Waals surface area contributed by atoms with Crippen LogP contribution in [-0.2, 0) is 17.1 Å². The number of nitrogens with one attached hydrogen (secondary N) is 1. The zero-order valence-electron chi connectivity index (χ0n) is 16.6. The van der Waals surface area contributed by atoms with Gasteiger partial charge in [-0.1, -0.05) is 18.6 Å². The molecule has 1 amide bonds. The van der Waals surface area contributed by atoms with Crippen molar-refractivity contribution < 1.29 is 13.2 Å². The molecule has 0 saturated carbocycles. The smallest absolute Gasteiger partial charge is 0.255 e. The number of anilines is 1. The summed E-state index contributed by atoms with van der Waals surface area (Å²) in [5, 5.41) is 3.86. The number of nitrogens with zero attached hydrogens (tertiary/aromatic N) is 2. The monoisotopic (exact) mass is 411 g/mol. The average molecular weight is 412 g/mol. The molecule has 2 heterocycles. The van der Waals surface area contributed by atoms with Crippen LogP contribution in [0.1, 0.15) is 36.5 Å². The van der Waals surface area contributed by atoms with Crippen molar-refractivity contribution in [2.45, 2.75) is 37.1 Å². The van der Waals surface area contributed by atoms with Crippen LogP contribution in [0, 0.1) is 0 Å². The maximum absolute atomic E-state index is 13.1. The van der Waals surface area contributed by atoms with Gasteiger partial charge in [0.2, 0.25) is 10.0 Å². The maximum atomic E-state index is 13.1. The Hall–Kier alpha value is -2.64. The van der Waals surface area contributed by atoms with E-state index >= 15 is 0 Å². The first-order valence-electron chi connectivity index (χ1n) is 9.85. The van der Waals surface area contributed by atoms with Crippen LogP contribution < -0.4 is 5.32 Å². The normalized spacial score (nSPS) is 18.1. The molecule has 4 rings (SSSR count). The minimum Gasteiger partial charge on any atom is -0.350 e. The van der Waals surface area contributed by atoms with Gasteiger partial charge in [-0.05, 0) is 56.2 Å². The number of aryl methyl sites for hydroxylation is 1. The van der Waals surface area contributed by atoms with Crippen LogP contribution in [0.5, 0.6) is 0 Å². The third-order valence-corrected chi connectivity index (χ3v) is 7.63. The van der Waals surface area contributed by atoms with Gasteiger partial charge >= 0.3 is 0 Å². The molecule has 29 heavy (non-hydrogen) atoms. The average Bonchev–Trinajstić information content (AvgIpc) is 3.10. The summed E-state index contributed by atoms with van der Waals surface area (Å²) in [6.45, 7) is 2.46. The van der Waals surface area contributed by atoms with E-state index in [0.29, 0.717) is 17.8 Å². The molecule has 3 aromatic rings. The highest BCUT2D eigenvalue weighted by Gasteiger charge is 2.31. The van der Waals surface area contributed by atoms with E-state index in [0.717, 1.165) is 30.2 Å². The Kier molecular flexibility index (Phi) is 5.19. The number of aromatic nitrogens is 1. The fourth-order valence-corrected chi connectivity index (χ4v) is 5.71. The maximum Gasteiger partial charge on any atom is 0.255 e. The van der Waals surface area contributed by atoms with Gasteiger partial charge in [-0.3, -0.25) is 4.79 Å². The fourth-order valence-electron chi connectivity index (χ4n) is 3.97. The van der Waals surface area contributed by atoms with Crippen LogP contribution in [0.15, 0.2) is 59.6 Å². The zero-order valence-corrected chi connectivity index (χ0v) is 17.4. The van der Waals surface area contributed by atoms with Crippen LogP contribution in [0.25, 0.3) is 10.9 Å². The number of fused-ring (bicyclic) bond motifs is 1. The van der Waals surface area contributed by atoms with Crippen LogP contribution in [0.4, 0.5) is 5.69 Å². The Morgan fingerprint density at radius 1 is 1.10 bits per heavy atom. The van der Waals surface area contributed by atoms with Gasteiger partial charge in [0, 0.05) is 42.3 Å². The fraction of sp³-hybridized carbons (Fsp3) is 0.318. The third-order valence-electron chi connectivity index (χ3n) is 5.62. The van der Waals surface area contributed by atoms with Gasteiger partial charge in [-0.15, -0.1) is 0 Å². The number of sulfonamides is 1. The lowest BCUT2D eigenvalue weighted by Gasteiger charge is -2.32. The van der Waals surface area contributed by atoms with Crippen molar-refractivity contribution in [3.05, 3.63) is 60.3 Å². The number of rotatable bonds is 4. The largest absolute Gasteiger partial charge is 0.350 e. The first-order valence-corrected chi connectivity index (χ1v) is 11.3. The van der Waals surface area contributed by atoms with Gasteiger partial charge in [0.05, 0.1) is 10.6 Å². The molecule has 1 atom stereocenters. The van der Waals surface area contributed by atoms with Crippen molar-refractivity contribution in [3.8, 4) is 0 Å². The number of carbonyl (C=O) groups is 1. The lowest BCUT2D eigenvalue weighted by Crippen LogP contribution is -2.41. The molecule has 0 aliphatic carbocycles. The predicted octanol–water partition coefficient (Wildman–Crippen LogP) is 3.99. The molecule has 1 aliphatic heterocycles. The summed E-state index contributed by atoms with van der Waals surface area (Å²) in [5.74, 6) is -0.329. The van der Waals surface area contributed by atoms with Gasteiger partial charge in [0.15, 0.2) is 0 Å². The topological polar surface area (TPSA) is 71.4 Å². The highest BCUT2D eigenvalue weighted by atomic mass is 32.2. The van der Waals surface area contributed by atoms with Crippen molar-refractivity contribution in [2.24, 2.45) is 7.05 Å². The number of benzene rings is 2. The highest BCUT2D eigenvalue weighted by Crippen LogP contribution is 2.27. The number of carbonyl (C=O) groups excluding carboxylic acids is 1. The zero-order chi connectivity index (χ0) is 20.6. The molecule has 1 unspecified atom stereocenters. The molecule has 0 radical (unpaired) electrons. The molecule has 2 aromatic carbocycles. The van der Waals surface area contributed by atoms with E-state index in [2.05, 4.69) is 5.32 Å². The molecule has 0 spiro atoms. The van der Waals surface area contributed by atoms with Crippen LogP contribution in [0.2, 0.25) is 0 Å². The minimum absolute atomic E-state index is 0.0260. The van der Waals surface area contributed by atoms with E-state index in [4.69, 9.17) is 0 Å². The first-order chi connectivity index (χ1) is 13.9. The van der Waals surface area contributed by atoms with E-state index in [1.165, 1.54) is 6.07 Å². The summed E-state index contributed by atoms with van der Waals surface area (Å²) in [6, 6.07) is 13.9. The predicted molar refractivity (Wildman–Crippen MR) is 115 cm³/mol. The van der Waals surface area contributed by atoms with Crippen LogP contribution in [0.3, 0.4) is 0 Å². The molecule has 1 N–H and O–H groups in total. The van der Waals surface area contributed by atoms with Crippen molar-refractivity contribution in [1.29, 1.82) is 0 Å². The lowest BCUT2D eigenvalue weighted by molar-refractivity contribution is 0.102. The Morgan fingerprint density at radius 3 is 2.69 bits per heavy atom. The summed E-state index contributed by atoms with van der Waals surface area (Å²) in [4.78, 5) is 13.0. The molecule has 1 aliphatic rings. The van der Waals surface area contributed by atoms with Gasteiger partial charge in [-0.2, -0.15) is 4.31 Å². The van der Waals surface area contributed by atoms with Crippen molar-refractivity contribution in [3.63, 3.8) is 0 Å². The van der Waals surface area contributed by atoms with Crippen LogP contribution in [-0.4, -0.2) is 35.8 Å². The van der Waals surface area contributed by atoms with Crippen molar-refractivity contribution in [1.82, 2.24) is 8.87 Å². The molecule has 152 valence electrons. The van der Waals surface area contributed by atoms with E-state index in [1.807, 2.05) is 49.0 Å². The molecule has 7 heteroatoms. The summed E-state index contributed by atoms with van der Waals surface area (Å²) in [7, 11) is -1.67. The Balaban J connectivity index is 1.62. The van der Waals surface area contributed by atoms with Crippen molar-refractivity contribution >= 4 is 32.5 Å². The molecule has 1 aromatic heterocycles. The summed E-state index contributed by atoms with van der Waals surface area (Å²) < 4.78 is 29.7. The molecule has 0 bridgehead atoms. The second-order valence-electron chi connectivity index (χ2n) is 7.61. The van der Waals surface area contributed by atoms with E-state index < -0.39 is 10.0 Å². The molecular weight excluding hydrogens is 386 g/mol. The molecule has 1 fully saturated rings. The SMILES string of the molecule is CC1CCCCN1S(=O)(=O)c1cccc(C(=O)Nc2cccc3c2ccn3C)c1. The second-order valence-corrected chi connectivity index (χ2v) is 9.50. The second kappa shape index (κ2) is 7.65. The highest BCUT2D eigenvalue weighted by molar-refractivity contribution is 7.89. The van der Waals surface area contributed by atoms with E-state index in [-0.39, 0.29) is 16.8 Å². The Bertz CT molecular complexity index is 1170. The number of piperidine rings is 1. The van der Waals surface area contributed by atoms with Gasteiger partial charge in [-0.25, -0.2) is 8.42 Å². The summed E-state index contributed by atoms with van der Waals surface area (Å²) in [5.41, 5.74) is 2.04. The van der Waals surface area contributed by atoms with Gasteiger partial charge < -0.3 is 9.88 Å². The molecule has 1 saturated heterocycles. The number of hydrogen-bond donors (Lipinski definition) is 1. The lowest BCUT2D eigenvalue weighted by atomic mass is 10.1. The minimum atomic E-state index is -3.62. The van der Waals surface area contributed by atoms with Gasteiger partial charge in [0.1, 0.15) is 0 Å². The van der Waals surface area contributed by atoms with Crippen LogP contribution >= 0.6 is 0 Å². The third kappa shape index (κ3) is 3.68. The van der Waals surface area contributed by atoms with E-state index in [1.54, 1.807) is 22.5 Å². The van der Waals surface area contributed by atoms with Gasteiger partial charge in [0.25, 0.3) is 5.91 Å².